The Hall–Kier alpha value is -0.780. The number of thiazole rings is 1. The summed E-state index contributed by atoms with van der Waals surface area (Å²) in [6.07, 6.45) is 1.42. The molecular weight excluding hydrogens is 305 g/mol. The molecule has 1 unspecified atom stereocenters. The van der Waals surface area contributed by atoms with E-state index in [9.17, 15) is 9.50 Å². The smallest absolute Gasteiger partial charge is 0.124 e. The van der Waals surface area contributed by atoms with E-state index in [4.69, 9.17) is 0 Å². The zero-order valence-electron chi connectivity index (χ0n) is 9.15. The highest BCUT2D eigenvalue weighted by Gasteiger charge is 2.12. The van der Waals surface area contributed by atoms with Gasteiger partial charge < -0.3 is 5.11 Å². The average Bonchev–Trinajstić information content (AvgIpc) is 2.63. The van der Waals surface area contributed by atoms with Crippen LogP contribution in [0.3, 0.4) is 0 Å². The van der Waals surface area contributed by atoms with Gasteiger partial charge in [0.2, 0.25) is 0 Å². The first kappa shape index (κ1) is 12.7. The fourth-order valence-corrected chi connectivity index (χ4v) is 2.87. The van der Waals surface area contributed by atoms with Crippen LogP contribution in [0.5, 0.6) is 0 Å². The molecule has 0 aliphatic heterocycles. The van der Waals surface area contributed by atoms with Gasteiger partial charge in [-0.25, -0.2) is 9.37 Å². The topological polar surface area (TPSA) is 33.1 Å². The molecule has 2 nitrogen and oxygen atoms in total. The van der Waals surface area contributed by atoms with Gasteiger partial charge in [0.05, 0.1) is 16.0 Å². The van der Waals surface area contributed by atoms with E-state index in [2.05, 4.69) is 20.9 Å². The summed E-state index contributed by atoms with van der Waals surface area (Å²) in [7, 11) is 0. The lowest BCUT2D eigenvalue weighted by Gasteiger charge is -2.08. The third-order valence-electron chi connectivity index (χ3n) is 2.32. The van der Waals surface area contributed by atoms with Gasteiger partial charge in [0.15, 0.2) is 0 Å². The van der Waals surface area contributed by atoms with Crippen LogP contribution >= 0.6 is 27.3 Å². The minimum Gasteiger partial charge on any atom is -0.387 e. The van der Waals surface area contributed by atoms with E-state index < -0.39 is 6.10 Å². The van der Waals surface area contributed by atoms with Gasteiger partial charge in [-0.3, -0.25) is 0 Å². The second-order valence-electron chi connectivity index (χ2n) is 3.78. The molecule has 1 aromatic heterocycles. The highest BCUT2D eigenvalue weighted by Crippen LogP contribution is 2.25. The highest BCUT2D eigenvalue weighted by molar-refractivity contribution is 9.10. The van der Waals surface area contributed by atoms with Crippen molar-refractivity contribution < 1.29 is 9.50 Å². The Morgan fingerprint density at radius 1 is 1.47 bits per heavy atom. The zero-order valence-corrected chi connectivity index (χ0v) is 11.6. The zero-order chi connectivity index (χ0) is 12.4. The molecule has 1 atom stereocenters. The third kappa shape index (κ3) is 3.34. The van der Waals surface area contributed by atoms with E-state index in [1.165, 1.54) is 23.5 Å². The van der Waals surface area contributed by atoms with Crippen molar-refractivity contribution in [3.8, 4) is 0 Å². The normalized spacial score (nSPS) is 12.7. The van der Waals surface area contributed by atoms with E-state index >= 15 is 0 Å². The average molecular weight is 316 g/mol. The number of hydrogen-bond acceptors (Lipinski definition) is 3. The van der Waals surface area contributed by atoms with Crippen molar-refractivity contribution in [3.63, 3.8) is 0 Å². The first-order valence-corrected chi connectivity index (χ1v) is 6.71. The van der Waals surface area contributed by atoms with Crippen LogP contribution in [0.1, 0.15) is 21.6 Å². The molecule has 0 saturated carbocycles. The van der Waals surface area contributed by atoms with Gasteiger partial charge in [-0.15, -0.1) is 11.3 Å². The van der Waals surface area contributed by atoms with Crippen LogP contribution < -0.4 is 0 Å². The first-order chi connectivity index (χ1) is 8.04. The number of hydrogen-bond donors (Lipinski definition) is 1. The van der Waals surface area contributed by atoms with Crippen molar-refractivity contribution >= 4 is 27.3 Å². The molecule has 2 rings (SSSR count). The summed E-state index contributed by atoms with van der Waals surface area (Å²) in [6.45, 7) is 1.89. The lowest BCUT2D eigenvalue weighted by Crippen LogP contribution is -2.00. The van der Waals surface area contributed by atoms with Gasteiger partial charge in [0.25, 0.3) is 0 Å². The fraction of sp³-hybridized carbons (Fsp3) is 0.250. The summed E-state index contributed by atoms with van der Waals surface area (Å²) in [6, 6.07) is 4.63. The minimum atomic E-state index is -0.630. The molecule has 5 heteroatoms. The van der Waals surface area contributed by atoms with Gasteiger partial charge in [-0.2, -0.15) is 0 Å². The summed E-state index contributed by atoms with van der Waals surface area (Å²) >= 11 is 4.69. The third-order valence-corrected chi connectivity index (χ3v) is 3.79. The molecule has 0 amide bonds. The molecule has 0 fully saturated rings. The standard InChI is InChI=1S/C12H11BrFNOS/c1-7-15-6-12(17-7)11(16)4-8-2-9(13)5-10(14)3-8/h2-3,5-6,11,16H,4H2,1H3. The predicted octanol–water partition coefficient (Wildman–Crippen LogP) is 3.63. The van der Waals surface area contributed by atoms with Crippen molar-refractivity contribution in [1.82, 2.24) is 4.98 Å². The number of benzene rings is 1. The molecule has 1 heterocycles. The van der Waals surface area contributed by atoms with Crippen molar-refractivity contribution in [2.24, 2.45) is 0 Å². The van der Waals surface area contributed by atoms with Gasteiger partial charge >= 0.3 is 0 Å². The SMILES string of the molecule is Cc1ncc(C(O)Cc2cc(F)cc(Br)c2)s1. The Morgan fingerprint density at radius 3 is 2.82 bits per heavy atom. The van der Waals surface area contributed by atoms with Crippen LogP contribution in [0.4, 0.5) is 4.39 Å². The Bertz CT molecular complexity index is 509. The lowest BCUT2D eigenvalue weighted by molar-refractivity contribution is 0.182. The molecule has 0 aliphatic carbocycles. The largest absolute Gasteiger partial charge is 0.387 e. The van der Waals surface area contributed by atoms with Crippen LogP contribution in [-0.4, -0.2) is 10.1 Å². The van der Waals surface area contributed by atoms with E-state index in [-0.39, 0.29) is 5.82 Å². The number of rotatable bonds is 3. The van der Waals surface area contributed by atoms with Crippen LogP contribution in [0.15, 0.2) is 28.9 Å². The summed E-state index contributed by atoms with van der Waals surface area (Å²) < 4.78 is 13.8. The van der Waals surface area contributed by atoms with E-state index in [0.717, 1.165) is 15.4 Å². The Labute approximate surface area is 111 Å². The number of nitrogens with zero attached hydrogens (tertiary/aromatic N) is 1. The molecule has 17 heavy (non-hydrogen) atoms. The monoisotopic (exact) mass is 315 g/mol. The molecule has 0 spiro atoms. The van der Waals surface area contributed by atoms with E-state index in [1.54, 1.807) is 12.3 Å². The second-order valence-corrected chi connectivity index (χ2v) is 5.96. The van der Waals surface area contributed by atoms with Gasteiger partial charge in [-0.1, -0.05) is 15.9 Å². The van der Waals surface area contributed by atoms with E-state index in [1.807, 2.05) is 6.92 Å². The van der Waals surface area contributed by atoms with Gasteiger partial charge in [0.1, 0.15) is 5.82 Å². The van der Waals surface area contributed by atoms with Crippen LogP contribution in [0, 0.1) is 12.7 Å². The maximum atomic E-state index is 13.2. The van der Waals surface area contributed by atoms with Crippen molar-refractivity contribution in [2.75, 3.05) is 0 Å². The summed E-state index contributed by atoms with van der Waals surface area (Å²) in [5.74, 6) is -0.304. The molecule has 90 valence electrons. The van der Waals surface area contributed by atoms with Crippen molar-refractivity contribution in [2.45, 2.75) is 19.4 Å². The quantitative estimate of drug-likeness (QED) is 0.938. The molecule has 0 radical (unpaired) electrons. The molecule has 0 bridgehead atoms. The Morgan fingerprint density at radius 2 is 2.24 bits per heavy atom. The van der Waals surface area contributed by atoms with Crippen LogP contribution in [0.2, 0.25) is 0 Å². The molecule has 1 N–H and O–H groups in total. The maximum absolute atomic E-state index is 13.2. The molecule has 2 aromatic rings. The molecule has 1 aromatic carbocycles. The summed E-state index contributed by atoms with van der Waals surface area (Å²) in [4.78, 5) is 4.90. The highest BCUT2D eigenvalue weighted by atomic mass is 79.9. The molecule has 0 aliphatic rings. The van der Waals surface area contributed by atoms with Gasteiger partial charge in [0, 0.05) is 17.1 Å². The first-order valence-electron chi connectivity index (χ1n) is 5.10. The van der Waals surface area contributed by atoms with Crippen LogP contribution in [-0.2, 0) is 6.42 Å². The number of aliphatic hydroxyl groups is 1. The van der Waals surface area contributed by atoms with Crippen molar-refractivity contribution in [3.05, 3.63) is 50.1 Å². The molecule has 0 saturated heterocycles. The summed E-state index contributed by atoms with van der Waals surface area (Å²) in [5, 5.41) is 10.9. The minimum absolute atomic E-state index is 0.304. The lowest BCUT2D eigenvalue weighted by atomic mass is 10.1. The van der Waals surface area contributed by atoms with Gasteiger partial charge in [-0.05, 0) is 30.7 Å². The second kappa shape index (κ2) is 5.25. The number of aromatic nitrogens is 1. The Balaban J connectivity index is 2.15. The molecular formula is C12H11BrFNOS. The van der Waals surface area contributed by atoms with Crippen molar-refractivity contribution in [1.29, 1.82) is 0 Å². The number of halogens is 2. The summed E-state index contributed by atoms with van der Waals surface area (Å²) in [5.41, 5.74) is 0.760. The van der Waals surface area contributed by atoms with E-state index in [0.29, 0.717) is 10.9 Å². The Kier molecular flexibility index (Phi) is 3.91. The predicted molar refractivity (Wildman–Crippen MR) is 69.6 cm³/mol. The number of aliphatic hydroxyl groups excluding tert-OH is 1. The van der Waals surface area contributed by atoms with Crippen LogP contribution in [0.25, 0.3) is 0 Å². The maximum Gasteiger partial charge on any atom is 0.124 e. The number of aryl methyl sites for hydroxylation is 1. The fourth-order valence-electron chi connectivity index (χ4n) is 1.58.